The van der Waals surface area contributed by atoms with Gasteiger partial charge in [-0.2, -0.15) is 0 Å². The molecule has 0 spiro atoms. The Morgan fingerprint density at radius 1 is 1.62 bits per heavy atom. The van der Waals surface area contributed by atoms with Crippen molar-refractivity contribution in [3.8, 4) is 0 Å². The van der Waals surface area contributed by atoms with Crippen molar-refractivity contribution >= 4 is 5.91 Å². The lowest BCUT2D eigenvalue weighted by molar-refractivity contribution is 0.0607. The van der Waals surface area contributed by atoms with Crippen molar-refractivity contribution in [3.63, 3.8) is 0 Å². The SMILES string of the molecule is Cn1ccnc1C(=O)N1CCCCC1CN. The van der Waals surface area contributed by atoms with Crippen LogP contribution in [0.15, 0.2) is 12.4 Å². The summed E-state index contributed by atoms with van der Waals surface area (Å²) >= 11 is 0. The lowest BCUT2D eigenvalue weighted by atomic mass is 10.0. The highest BCUT2D eigenvalue weighted by molar-refractivity contribution is 5.91. The van der Waals surface area contributed by atoms with Gasteiger partial charge in [-0.1, -0.05) is 0 Å². The van der Waals surface area contributed by atoms with Crippen LogP contribution in [0.4, 0.5) is 0 Å². The van der Waals surface area contributed by atoms with Gasteiger partial charge in [0.1, 0.15) is 0 Å². The molecule has 2 heterocycles. The summed E-state index contributed by atoms with van der Waals surface area (Å²) in [5.74, 6) is 0.503. The van der Waals surface area contributed by atoms with Gasteiger partial charge in [-0.05, 0) is 19.3 Å². The van der Waals surface area contributed by atoms with E-state index >= 15 is 0 Å². The first-order valence-electron chi connectivity index (χ1n) is 5.72. The molecule has 88 valence electrons. The molecule has 0 aromatic carbocycles. The molecule has 5 nitrogen and oxygen atoms in total. The number of hydrogen-bond acceptors (Lipinski definition) is 3. The van der Waals surface area contributed by atoms with Crippen LogP contribution in [0.3, 0.4) is 0 Å². The van der Waals surface area contributed by atoms with E-state index in [1.54, 1.807) is 17.0 Å². The van der Waals surface area contributed by atoms with Crippen molar-refractivity contribution in [3.05, 3.63) is 18.2 Å². The van der Waals surface area contributed by atoms with E-state index in [1.807, 2.05) is 11.9 Å². The zero-order chi connectivity index (χ0) is 11.5. The predicted molar refractivity (Wildman–Crippen MR) is 60.9 cm³/mol. The second-order valence-corrected chi connectivity index (χ2v) is 4.25. The summed E-state index contributed by atoms with van der Waals surface area (Å²) in [5.41, 5.74) is 5.70. The number of nitrogens with two attached hydrogens (primary N) is 1. The number of piperidine rings is 1. The monoisotopic (exact) mass is 222 g/mol. The van der Waals surface area contributed by atoms with E-state index in [0.29, 0.717) is 12.4 Å². The number of imidazole rings is 1. The Bertz CT molecular complexity index is 374. The van der Waals surface area contributed by atoms with E-state index in [1.165, 1.54) is 0 Å². The summed E-state index contributed by atoms with van der Waals surface area (Å²) in [5, 5.41) is 0. The number of aryl methyl sites for hydroxylation is 1. The summed E-state index contributed by atoms with van der Waals surface area (Å²) in [6, 6.07) is 0.179. The molecule has 1 saturated heterocycles. The van der Waals surface area contributed by atoms with Crippen molar-refractivity contribution in [2.24, 2.45) is 12.8 Å². The number of nitrogens with zero attached hydrogens (tertiary/aromatic N) is 3. The Labute approximate surface area is 95.2 Å². The first kappa shape index (κ1) is 11.1. The van der Waals surface area contributed by atoms with E-state index in [0.717, 1.165) is 25.8 Å². The van der Waals surface area contributed by atoms with Gasteiger partial charge < -0.3 is 15.2 Å². The van der Waals surface area contributed by atoms with Gasteiger partial charge in [-0.25, -0.2) is 4.98 Å². The lowest BCUT2D eigenvalue weighted by Gasteiger charge is -2.34. The zero-order valence-electron chi connectivity index (χ0n) is 9.59. The maximum atomic E-state index is 12.2. The standard InChI is InChI=1S/C11H18N4O/c1-14-7-5-13-10(14)11(16)15-6-3-2-4-9(15)8-12/h5,7,9H,2-4,6,8,12H2,1H3. The van der Waals surface area contributed by atoms with Crippen molar-refractivity contribution in [2.45, 2.75) is 25.3 Å². The van der Waals surface area contributed by atoms with E-state index in [-0.39, 0.29) is 11.9 Å². The molecular formula is C11H18N4O. The smallest absolute Gasteiger partial charge is 0.290 e. The lowest BCUT2D eigenvalue weighted by Crippen LogP contribution is -2.48. The zero-order valence-corrected chi connectivity index (χ0v) is 9.59. The largest absolute Gasteiger partial charge is 0.332 e. The van der Waals surface area contributed by atoms with Crippen LogP contribution in [-0.4, -0.2) is 39.5 Å². The van der Waals surface area contributed by atoms with Gasteiger partial charge in [0.15, 0.2) is 5.82 Å². The Morgan fingerprint density at radius 2 is 2.44 bits per heavy atom. The van der Waals surface area contributed by atoms with Gasteiger partial charge in [0.25, 0.3) is 5.91 Å². The number of carbonyl (C=O) groups excluding carboxylic acids is 1. The Hall–Kier alpha value is -1.36. The number of aromatic nitrogens is 2. The number of amides is 1. The maximum absolute atomic E-state index is 12.2. The van der Waals surface area contributed by atoms with E-state index < -0.39 is 0 Å². The highest BCUT2D eigenvalue weighted by Crippen LogP contribution is 2.18. The molecule has 1 atom stereocenters. The van der Waals surface area contributed by atoms with Crippen LogP contribution in [0, 0.1) is 0 Å². The summed E-state index contributed by atoms with van der Waals surface area (Å²) < 4.78 is 1.75. The Balaban J connectivity index is 2.17. The minimum Gasteiger partial charge on any atom is -0.332 e. The molecule has 1 aliphatic rings. The highest BCUT2D eigenvalue weighted by Gasteiger charge is 2.28. The molecule has 16 heavy (non-hydrogen) atoms. The molecule has 0 bridgehead atoms. The van der Waals surface area contributed by atoms with Crippen molar-refractivity contribution in [1.29, 1.82) is 0 Å². The minimum absolute atomic E-state index is 0.00245. The third-order valence-corrected chi connectivity index (χ3v) is 3.17. The topological polar surface area (TPSA) is 64.2 Å². The Kier molecular flexibility index (Phi) is 3.24. The Morgan fingerprint density at radius 3 is 3.06 bits per heavy atom. The molecule has 1 aromatic rings. The van der Waals surface area contributed by atoms with Crippen LogP contribution in [0.1, 0.15) is 29.9 Å². The van der Waals surface area contributed by atoms with Gasteiger partial charge >= 0.3 is 0 Å². The molecule has 5 heteroatoms. The van der Waals surface area contributed by atoms with Crippen LogP contribution in [0.2, 0.25) is 0 Å². The summed E-state index contributed by atoms with van der Waals surface area (Å²) in [7, 11) is 1.83. The third-order valence-electron chi connectivity index (χ3n) is 3.17. The van der Waals surface area contributed by atoms with Crippen LogP contribution >= 0.6 is 0 Å². The fourth-order valence-electron chi connectivity index (χ4n) is 2.21. The van der Waals surface area contributed by atoms with E-state index in [9.17, 15) is 4.79 Å². The first-order valence-corrected chi connectivity index (χ1v) is 5.72. The molecule has 1 unspecified atom stereocenters. The number of hydrogen-bond donors (Lipinski definition) is 1. The highest BCUT2D eigenvalue weighted by atomic mass is 16.2. The molecule has 0 saturated carbocycles. The minimum atomic E-state index is 0.00245. The summed E-state index contributed by atoms with van der Waals surface area (Å²) in [6.45, 7) is 1.34. The number of rotatable bonds is 2. The molecule has 1 aromatic heterocycles. The quantitative estimate of drug-likeness (QED) is 0.786. The van der Waals surface area contributed by atoms with Gasteiger partial charge in [-0.3, -0.25) is 4.79 Å². The fraction of sp³-hybridized carbons (Fsp3) is 0.636. The molecule has 2 rings (SSSR count). The molecule has 0 aliphatic carbocycles. The van der Waals surface area contributed by atoms with E-state index in [2.05, 4.69) is 4.98 Å². The molecule has 0 radical (unpaired) electrons. The first-order chi connectivity index (χ1) is 7.74. The van der Waals surface area contributed by atoms with Gasteiger partial charge in [0.05, 0.1) is 0 Å². The van der Waals surface area contributed by atoms with Crippen molar-refractivity contribution in [2.75, 3.05) is 13.1 Å². The average Bonchev–Trinajstić information content (AvgIpc) is 2.74. The molecule has 1 amide bonds. The average molecular weight is 222 g/mol. The third kappa shape index (κ3) is 1.95. The van der Waals surface area contributed by atoms with Crippen molar-refractivity contribution in [1.82, 2.24) is 14.5 Å². The van der Waals surface area contributed by atoms with Gasteiger partial charge in [-0.15, -0.1) is 0 Å². The summed E-state index contributed by atoms with van der Waals surface area (Å²) in [6.07, 6.45) is 6.66. The van der Waals surface area contributed by atoms with Crippen LogP contribution in [0.5, 0.6) is 0 Å². The fourth-order valence-corrected chi connectivity index (χ4v) is 2.21. The molecular weight excluding hydrogens is 204 g/mol. The predicted octanol–water partition coefficient (Wildman–Crippen LogP) is 0.374. The van der Waals surface area contributed by atoms with Crippen LogP contribution in [0.25, 0.3) is 0 Å². The summed E-state index contributed by atoms with van der Waals surface area (Å²) in [4.78, 5) is 18.2. The van der Waals surface area contributed by atoms with E-state index in [4.69, 9.17) is 5.73 Å². The van der Waals surface area contributed by atoms with Gasteiger partial charge in [0.2, 0.25) is 0 Å². The van der Waals surface area contributed by atoms with Crippen LogP contribution < -0.4 is 5.73 Å². The van der Waals surface area contributed by atoms with Crippen molar-refractivity contribution < 1.29 is 4.79 Å². The second kappa shape index (κ2) is 4.65. The molecule has 1 fully saturated rings. The van der Waals surface area contributed by atoms with Crippen LogP contribution in [-0.2, 0) is 7.05 Å². The number of likely N-dealkylation sites (tertiary alicyclic amines) is 1. The normalized spacial score (nSPS) is 21.1. The number of carbonyl (C=O) groups is 1. The molecule has 1 aliphatic heterocycles. The second-order valence-electron chi connectivity index (χ2n) is 4.25. The maximum Gasteiger partial charge on any atom is 0.290 e. The molecule has 2 N–H and O–H groups in total. The van der Waals surface area contributed by atoms with Gasteiger partial charge in [0, 0.05) is 38.6 Å².